The third kappa shape index (κ3) is 4.40. The maximum atomic E-state index is 12.2. The van der Waals surface area contributed by atoms with Crippen molar-refractivity contribution in [3.05, 3.63) is 58.8 Å². The number of hydrogen-bond donors (Lipinski definition) is 3. The van der Waals surface area contributed by atoms with Gasteiger partial charge in [0, 0.05) is 25.9 Å². The van der Waals surface area contributed by atoms with Crippen LogP contribution < -0.4 is 21.1 Å². The van der Waals surface area contributed by atoms with Gasteiger partial charge in [0.15, 0.2) is 0 Å². The molecule has 0 radical (unpaired) electrons. The van der Waals surface area contributed by atoms with E-state index in [0.717, 1.165) is 0 Å². The van der Waals surface area contributed by atoms with E-state index in [1.807, 2.05) is 11.0 Å². The highest BCUT2D eigenvalue weighted by Crippen LogP contribution is 2.15. The molecule has 0 spiro atoms. The van der Waals surface area contributed by atoms with E-state index >= 15 is 0 Å². The van der Waals surface area contributed by atoms with E-state index in [1.165, 1.54) is 0 Å². The van der Waals surface area contributed by atoms with Crippen molar-refractivity contribution in [2.75, 3.05) is 29.9 Å². The zero-order valence-electron chi connectivity index (χ0n) is 15.6. The van der Waals surface area contributed by atoms with Crippen molar-refractivity contribution in [1.82, 2.24) is 20.3 Å². The van der Waals surface area contributed by atoms with Gasteiger partial charge in [0.2, 0.25) is 11.8 Å². The molecule has 0 unspecified atom stereocenters. The number of carbonyl (C=O) groups excluding carboxylic acids is 2. The van der Waals surface area contributed by atoms with E-state index < -0.39 is 0 Å². The smallest absolute Gasteiger partial charge is 0.258 e. The maximum Gasteiger partial charge on any atom is 0.258 e. The number of nitrogens with zero attached hydrogens (tertiary/aromatic N) is 3. The monoisotopic (exact) mass is 392 g/mol. The first-order valence-corrected chi connectivity index (χ1v) is 9.34. The molecule has 1 saturated heterocycles. The van der Waals surface area contributed by atoms with E-state index in [4.69, 9.17) is 0 Å². The molecule has 9 heteroatoms. The van der Waals surface area contributed by atoms with Crippen LogP contribution in [0.15, 0.2) is 47.4 Å². The van der Waals surface area contributed by atoms with Crippen LogP contribution in [0.1, 0.15) is 12.2 Å². The van der Waals surface area contributed by atoms with Crippen LogP contribution in [0.4, 0.5) is 11.5 Å². The lowest BCUT2D eigenvalue weighted by molar-refractivity contribution is -0.120. The summed E-state index contributed by atoms with van der Waals surface area (Å²) in [6.45, 7) is 1.56. The Hall–Kier alpha value is -3.75. The van der Waals surface area contributed by atoms with Crippen molar-refractivity contribution in [2.45, 2.75) is 12.8 Å². The van der Waals surface area contributed by atoms with E-state index in [2.05, 4.69) is 25.6 Å². The van der Waals surface area contributed by atoms with Crippen LogP contribution in [0.5, 0.6) is 0 Å². The van der Waals surface area contributed by atoms with Gasteiger partial charge in [-0.15, -0.1) is 0 Å². The van der Waals surface area contributed by atoms with Gasteiger partial charge in [-0.25, -0.2) is 9.97 Å². The van der Waals surface area contributed by atoms with Crippen molar-refractivity contribution in [3.63, 3.8) is 0 Å². The molecule has 0 saturated carbocycles. The average Bonchev–Trinajstić information content (AvgIpc) is 2.73. The van der Waals surface area contributed by atoms with Gasteiger partial charge >= 0.3 is 0 Å². The van der Waals surface area contributed by atoms with Crippen molar-refractivity contribution in [2.24, 2.45) is 0 Å². The number of rotatable bonds is 5. The normalized spacial score (nSPS) is 13.9. The second kappa shape index (κ2) is 8.09. The zero-order valence-corrected chi connectivity index (χ0v) is 15.6. The van der Waals surface area contributed by atoms with Crippen molar-refractivity contribution >= 4 is 34.2 Å². The number of aryl methyl sites for hydroxylation is 1. The minimum absolute atomic E-state index is 0.0317. The van der Waals surface area contributed by atoms with Gasteiger partial charge in [-0.05, 0) is 24.3 Å². The number of amides is 2. The lowest BCUT2D eigenvalue weighted by Crippen LogP contribution is -2.48. The number of anilines is 2. The molecule has 4 rings (SSSR count). The fourth-order valence-electron chi connectivity index (χ4n) is 3.19. The van der Waals surface area contributed by atoms with E-state index in [-0.39, 0.29) is 30.3 Å². The van der Waals surface area contributed by atoms with Crippen molar-refractivity contribution in [3.8, 4) is 0 Å². The Kier molecular flexibility index (Phi) is 5.19. The molecule has 29 heavy (non-hydrogen) atoms. The lowest BCUT2D eigenvalue weighted by Gasteiger charge is -2.27. The quantitative estimate of drug-likeness (QED) is 0.591. The zero-order chi connectivity index (χ0) is 20.2. The molecule has 0 atom stereocenters. The molecule has 0 bridgehead atoms. The minimum atomic E-state index is -0.211. The van der Waals surface area contributed by atoms with Crippen LogP contribution in [-0.4, -0.2) is 46.4 Å². The van der Waals surface area contributed by atoms with Gasteiger partial charge < -0.3 is 20.5 Å². The molecule has 1 aliphatic rings. The molecule has 148 valence electrons. The molecule has 0 aliphatic carbocycles. The molecular formula is C20H20N6O3. The number of aromatic amines is 1. The lowest BCUT2D eigenvalue weighted by atomic mass is 10.2. The maximum absolute atomic E-state index is 12.2. The Bertz CT molecular complexity index is 1110. The molecule has 3 N–H and O–H groups in total. The summed E-state index contributed by atoms with van der Waals surface area (Å²) in [5.74, 6) is 0.931. The molecule has 3 heterocycles. The number of hydrogen-bond acceptors (Lipinski definition) is 6. The first-order valence-electron chi connectivity index (χ1n) is 9.34. The number of nitrogens with one attached hydrogen (secondary N) is 3. The number of piperazine rings is 1. The predicted molar refractivity (Wildman–Crippen MR) is 109 cm³/mol. The summed E-state index contributed by atoms with van der Waals surface area (Å²) in [5.41, 5.74) is 0.968. The molecular weight excluding hydrogens is 372 g/mol. The second-order valence-corrected chi connectivity index (χ2v) is 6.75. The molecule has 1 aromatic carbocycles. The third-order valence-electron chi connectivity index (χ3n) is 4.64. The number of H-pyrrole nitrogens is 1. The summed E-state index contributed by atoms with van der Waals surface area (Å²) in [6, 6.07) is 10.6. The minimum Gasteiger partial charge on any atom is -0.353 e. The Morgan fingerprint density at radius 3 is 2.83 bits per heavy atom. The van der Waals surface area contributed by atoms with Gasteiger partial charge in [0.05, 0.1) is 29.3 Å². The van der Waals surface area contributed by atoms with E-state index in [0.29, 0.717) is 47.7 Å². The average molecular weight is 392 g/mol. The molecule has 2 aromatic heterocycles. The van der Waals surface area contributed by atoms with Crippen molar-refractivity contribution < 1.29 is 9.59 Å². The summed E-state index contributed by atoms with van der Waals surface area (Å²) in [6.07, 6.45) is 2.06. The van der Waals surface area contributed by atoms with E-state index in [9.17, 15) is 14.4 Å². The number of para-hydroxylation sites is 1. The van der Waals surface area contributed by atoms with Crippen LogP contribution in [0.3, 0.4) is 0 Å². The van der Waals surface area contributed by atoms with Crippen molar-refractivity contribution in [1.29, 1.82) is 0 Å². The Balaban J connectivity index is 1.35. The fourth-order valence-corrected chi connectivity index (χ4v) is 3.19. The number of carbonyl (C=O) groups is 2. The summed E-state index contributed by atoms with van der Waals surface area (Å²) in [7, 11) is 0. The first kappa shape index (κ1) is 18.6. The Morgan fingerprint density at radius 2 is 2.03 bits per heavy atom. The predicted octanol–water partition coefficient (Wildman–Crippen LogP) is 0.826. The van der Waals surface area contributed by atoms with Gasteiger partial charge in [0.1, 0.15) is 11.6 Å². The third-order valence-corrected chi connectivity index (χ3v) is 4.64. The topological polar surface area (TPSA) is 120 Å². The summed E-state index contributed by atoms with van der Waals surface area (Å²) >= 11 is 0. The number of benzene rings is 1. The fraction of sp³-hybridized carbons (Fsp3) is 0.250. The van der Waals surface area contributed by atoms with Gasteiger partial charge in [0.25, 0.3) is 5.56 Å². The summed E-state index contributed by atoms with van der Waals surface area (Å²) < 4.78 is 0. The molecule has 1 fully saturated rings. The highest BCUT2D eigenvalue weighted by Gasteiger charge is 2.17. The van der Waals surface area contributed by atoms with Gasteiger partial charge in [-0.1, -0.05) is 12.1 Å². The van der Waals surface area contributed by atoms with Gasteiger partial charge in [-0.3, -0.25) is 14.4 Å². The summed E-state index contributed by atoms with van der Waals surface area (Å²) in [5, 5.41) is 6.08. The van der Waals surface area contributed by atoms with Crippen LogP contribution in [0.2, 0.25) is 0 Å². The standard InChI is InChI=1S/C20H20N6O3/c27-18(8-6-16-24-15-4-2-1-3-14(15)20(29)25-16)23-13-5-7-17(22-11-13)26-10-9-21-19(28)12-26/h1-5,7,11H,6,8-10,12H2,(H,21,28)(H,23,27)(H,24,25,29). The van der Waals surface area contributed by atoms with Crippen LogP contribution in [0.25, 0.3) is 10.9 Å². The van der Waals surface area contributed by atoms with Crippen LogP contribution in [-0.2, 0) is 16.0 Å². The SMILES string of the molecule is O=C1CN(c2ccc(NC(=O)CCc3nc4ccccc4c(=O)[nH]3)cn2)CCN1. The number of pyridine rings is 1. The second-order valence-electron chi connectivity index (χ2n) is 6.75. The Morgan fingerprint density at radius 1 is 1.17 bits per heavy atom. The first-order chi connectivity index (χ1) is 14.1. The summed E-state index contributed by atoms with van der Waals surface area (Å²) in [4.78, 5) is 49.1. The largest absolute Gasteiger partial charge is 0.353 e. The van der Waals surface area contributed by atoms with Gasteiger partial charge in [-0.2, -0.15) is 0 Å². The highest BCUT2D eigenvalue weighted by atomic mass is 16.2. The number of fused-ring (bicyclic) bond motifs is 1. The molecule has 1 aliphatic heterocycles. The number of aromatic nitrogens is 3. The molecule has 2 amide bonds. The highest BCUT2D eigenvalue weighted by molar-refractivity contribution is 5.90. The van der Waals surface area contributed by atoms with Crippen LogP contribution >= 0.6 is 0 Å². The molecule has 3 aromatic rings. The van der Waals surface area contributed by atoms with Crippen LogP contribution in [0, 0.1) is 0 Å². The Labute approximate surface area is 166 Å². The molecule has 9 nitrogen and oxygen atoms in total. The van der Waals surface area contributed by atoms with E-state index in [1.54, 1.807) is 36.5 Å².